The van der Waals surface area contributed by atoms with E-state index in [0.29, 0.717) is 22.9 Å². The van der Waals surface area contributed by atoms with Gasteiger partial charge in [-0.3, -0.25) is 4.57 Å². The smallest absolute Gasteiger partial charge is 0.307 e. The molecule has 0 unspecified atom stereocenters. The molecule has 3 rings (SSSR count). The highest BCUT2D eigenvalue weighted by Crippen LogP contribution is 2.17. The lowest BCUT2D eigenvalue weighted by Gasteiger charge is -2.10. The van der Waals surface area contributed by atoms with Gasteiger partial charge in [-0.2, -0.15) is 0 Å². The Bertz CT molecular complexity index is 875. The topological polar surface area (TPSA) is 84.7 Å². The first-order chi connectivity index (χ1) is 11.5. The molecule has 0 bridgehead atoms. The van der Waals surface area contributed by atoms with Crippen LogP contribution < -0.4 is 10.6 Å². The normalized spacial score (nSPS) is 10.5. The Morgan fingerprint density at radius 1 is 1.12 bits per heavy atom. The Kier molecular flexibility index (Phi) is 4.19. The number of carbonyl (C=O) groups excluding carboxylic acids is 1. The van der Waals surface area contributed by atoms with Crippen LogP contribution in [-0.2, 0) is 0 Å². The fourth-order valence-electron chi connectivity index (χ4n) is 2.13. The SMILES string of the molecule is Cc1c(F)cccc1NC(=O)Nc1cnc(-n2ccnc2C)nc1. The van der Waals surface area contributed by atoms with Gasteiger partial charge in [0.25, 0.3) is 0 Å². The molecule has 7 nitrogen and oxygen atoms in total. The lowest BCUT2D eigenvalue weighted by Crippen LogP contribution is -2.20. The predicted molar refractivity (Wildman–Crippen MR) is 87.7 cm³/mol. The van der Waals surface area contributed by atoms with Crippen LogP contribution in [0.2, 0.25) is 0 Å². The van der Waals surface area contributed by atoms with E-state index in [1.165, 1.54) is 24.5 Å². The highest BCUT2D eigenvalue weighted by atomic mass is 19.1. The Balaban J connectivity index is 1.69. The molecule has 0 aliphatic heterocycles. The van der Waals surface area contributed by atoms with Gasteiger partial charge in [0.15, 0.2) is 0 Å². The van der Waals surface area contributed by atoms with Gasteiger partial charge in [0.2, 0.25) is 5.95 Å². The second-order valence-corrected chi connectivity index (χ2v) is 5.11. The lowest BCUT2D eigenvalue weighted by atomic mass is 10.2. The number of nitrogens with one attached hydrogen (secondary N) is 2. The van der Waals surface area contributed by atoms with Crippen molar-refractivity contribution in [2.24, 2.45) is 0 Å². The molecule has 0 aliphatic carbocycles. The van der Waals surface area contributed by atoms with E-state index in [-0.39, 0.29) is 5.82 Å². The first-order valence-electron chi connectivity index (χ1n) is 7.20. The van der Waals surface area contributed by atoms with Gasteiger partial charge in [-0.05, 0) is 26.0 Å². The van der Waals surface area contributed by atoms with Crippen LogP contribution >= 0.6 is 0 Å². The molecule has 0 fully saturated rings. The van der Waals surface area contributed by atoms with E-state index in [2.05, 4.69) is 25.6 Å². The summed E-state index contributed by atoms with van der Waals surface area (Å²) in [7, 11) is 0. The second-order valence-electron chi connectivity index (χ2n) is 5.11. The number of hydrogen-bond acceptors (Lipinski definition) is 4. The standard InChI is InChI=1S/C16H15FN6O/c1-10-13(17)4-3-5-14(10)22-16(24)21-12-8-19-15(20-9-12)23-7-6-18-11(23)2/h3-9H,1-2H3,(H2,21,22,24). The molecule has 24 heavy (non-hydrogen) atoms. The summed E-state index contributed by atoms with van der Waals surface area (Å²) >= 11 is 0. The molecule has 0 atom stereocenters. The number of imidazole rings is 1. The van der Waals surface area contributed by atoms with E-state index >= 15 is 0 Å². The summed E-state index contributed by atoms with van der Waals surface area (Å²) in [4.78, 5) is 24.5. The summed E-state index contributed by atoms with van der Waals surface area (Å²) in [6.07, 6.45) is 6.37. The van der Waals surface area contributed by atoms with E-state index in [9.17, 15) is 9.18 Å². The van der Waals surface area contributed by atoms with Crippen LogP contribution in [0, 0.1) is 19.7 Å². The Morgan fingerprint density at radius 2 is 1.88 bits per heavy atom. The molecule has 1 aromatic carbocycles. The number of benzene rings is 1. The third kappa shape index (κ3) is 3.22. The van der Waals surface area contributed by atoms with Crippen molar-refractivity contribution in [1.82, 2.24) is 19.5 Å². The summed E-state index contributed by atoms with van der Waals surface area (Å²) in [5.41, 5.74) is 1.19. The van der Waals surface area contributed by atoms with Gasteiger partial charge >= 0.3 is 6.03 Å². The molecule has 122 valence electrons. The van der Waals surface area contributed by atoms with Crippen LogP contribution in [0.25, 0.3) is 5.95 Å². The molecule has 2 amide bonds. The molecule has 3 aromatic rings. The van der Waals surface area contributed by atoms with Gasteiger partial charge in [0, 0.05) is 23.6 Å². The van der Waals surface area contributed by atoms with Crippen molar-refractivity contribution in [3.63, 3.8) is 0 Å². The van der Waals surface area contributed by atoms with E-state index in [0.717, 1.165) is 5.82 Å². The van der Waals surface area contributed by atoms with Crippen LogP contribution in [0.1, 0.15) is 11.4 Å². The lowest BCUT2D eigenvalue weighted by molar-refractivity contribution is 0.262. The first-order valence-corrected chi connectivity index (χ1v) is 7.20. The molecule has 2 aromatic heterocycles. The number of aromatic nitrogens is 4. The zero-order valence-electron chi connectivity index (χ0n) is 13.1. The van der Waals surface area contributed by atoms with Gasteiger partial charge < -0.3 is 10.6 Å². The zero-order valence-corrected chi connectivity index (χ0v) is 13.1. The summed E-state index contributed by atoms with van der Waals surface area (Å²) in [6.45, 7) is 3.43. The predicted octanol–water partition coefficient (Wildman–Crippen LogP) is 3.06. The molecule has 2 N–H and O–H groups in total. The molecule has 0 radical (unpaired) electrons. The number of aryl methyl sites for hydroxylation is 1. The fraction of sp³-hybridized carbons (Fsp3) is 0.125. The van der Waals surface area contributed by atoms with E-state index in [1.54, 1.807) is 30.0 Å². The number of carbonyl (C=O) groups is 1. The van der Waals surface area contributed by atoms with Gasteiger partial charge in [0.05, 0.1) is 18.1 Å². The van der Waals surface area contributed by atoms with Crippen molar-refractivity contribution in [3.8, 4) is 5.95 Å². The average Bonchev–Trinajstić information content (AvgIpc) is 2.99. The van der Waals surface area contributed by atoms with Crippen LogP contribution in [-0.4, -0.2) is 25.6 Å². The van der Waals surface area contributed by atoms with E-state index < -0.39 is 6.03 Å². The molecule has 2 heterocycles. The van der Waals surface area contributed by atoms with Crippen molar-refractivity contribution >= 4 is 17.4 Å². The van der Waals surface area contributed by atoms with Crippen LogP contribution in [0.15, 0.2) is 43.0 Å². The highest BCUT2D eigenvalue weighted by Gasteiger charge is 2.09. The van der Waals surface area contributed by atoms with Crippen LogP contribution in [0.4, 0.5) is 20.6 Å². The Morgan fingerprint density at radius 3 is 2.54 bits per heavy atom. The van der Waals surface area contributed by atoms with Crippen molar-refractivity contribution in [2.75, 3.05) is 10.6 Å². The molecule has 0 saturated heterocycles. The van der Waals surface area contributed by atoms with Crippen molar-refractivity contribution < 1.29 is 9.18 Å². The number of urea groups is 1. The number of rotatable bonds is 3. The number of hydrogen-bond donors (Lipinski definition) is 2. The highest BCUT2D eigenvalue weighted by molar-refractivity contribution is 6.00. The largest absolute Gasteiger partial charge is 0.323 e. The third-order valence-electron chi connectivity index (χ3n) is 3.45. The maximum atomic E-state index is 13.5. The van der Waals surface area contributed by atoms with Gasteiger partial charge in [-0.25, -0.2) is 24.1 Å². The molecular formula is C16H15FN6O. The van der Waals surface area contributed by atoms with E-state index in [4.69, 9.17) is 0 Å². The first kappa shape index (κ1) is 15.6. The Labute approximate surface area is 137 Å². The fourth-order valence-corrected chi connectivity index (χ4v) is 2.13. The van der Waals surface area contributed by atoms with Crippen LogP contribution in [0.5, 0.6) is 0 Å². The van der Waals surface area contributed by atoms with Crippen molar-refractivity contribution in [1.29, 1.82) is 0 Å². The minimum absolute atomic E-state index is 0.370. The zero-order chi connectivity index (χ0) is 17.1. The van der Waals surface area contributed by atoms with Crippen molar-refractivity contribution in [3.05, 3.63) is 60.2 Å². The maximum Gasteiger partial charge on any atom is 0.323 e. The summed E-state index contributed by atoms with van der Waals surface area (Å²) in [6, 6.07) is 3.99. The minimum Gasteiger partial charge on any atom is -0.307 e. The van der Waals surface area contributed by atoms with Gasteiger partial charge in [-0.1, -0.05) is 6.07 Å². The third-order valence-corrected chi connectivity index (χ3v) is 3.45. The van der Waals surface area contributed by atoms with Gasteiger partial charge in [0.1, 0.15) is 11.6 Å². The Hall–Kier alpha value is -3.29. The maximum absolute atomic E-state index is 13.5. The number of halogens is 1. The summed E-state index contributed by atoms with van der Waals surface area (Å²) in [5.74, 6) is 0.836. The van der Waals surface area contributed by atoms with E-state index in [1.807, 2.05) is 6.92 Å². The van der Waals surface area contributed by atoms with Crippen molar-refractivity contribution in [2.45, 2.75) is 13.8 Å². The van der Waals surface area contributed by atoms with Gasteiger partial charge in [-0.15, -0.1) is 0 Å². The molecule has 0 spiro atoms. The molecule has 0 aliphatic rings. The average molecular weight is 326 g/mol. The minimum atomic E-state index is -0.501. The quantitative estimate of drug-likeness (QED) is 0.774. The number of nitrogens with zero attached hydrogens (tertiary/aromatic N) is 4. The second kappa shape index (κ2) is 6.45. The molecule has 8 heteroatoms. The molecule has 0 saturated carbocycles. The molecular weight excluding hydrogens is 311 g/mol. The summed E-state index contributed by atoms with van der Waals surface area (Å²) in [5, 5.41) is 5.19. The monoisotopic (exact) mass is 326 g/mol. The van der Waals surface area contributed by atoms with Crippen LogP contribution in [0.3, 0.4) is 0 Å². The summed E-state index contributed by atoms with van der Waals surface area (Å²) < 4.78 is 15.2. The number of amides is 2. The number of anilines is 2.